The van der Waals surface area contributed by atoms with Gasteiger partial charge in [0.2, 0.25) is 5.91 Å². The number of allylic oxidation sites excluding steroid dienone is 2. The average molecular weight is 309 g/mol. The van der Waals surface area contributed by atoms with Gasteiger partial charge in [-0.15, -0.1) is 11.8 Å². The average Bonchev–Trinajstić information content (AvgIpc) is 2.95. The van der Waals surface area contributed by atoms with Crippen LogP contribution in [0.25, 0.3) is 0 Å². The number of carbonyl (C=O) groups is 2. The molecule has 2 aliphatic heterocycles. The van der Waals surface area contributed by atoms with Crippen LogP contribution in [0.2, 0.25) is 0 Å². The standard InChI is InChI=1S/C16H23NO3S/c1-11-5-3-4-6-12(11)9-20-15(19)13-10-21-16(2)8-7-14(18)17(13)16/h3-4,11-13H,5-10H2,1-2H3/t11-,12-,13+,16-/m1/s1. The van der Waals surface area contributed by atoms with Crippen LogP contribution >= 0.6 is 11.8 Å². The van der Waals surface area contributed by atoms with E-state index in [9.17, 15) is 9.59 Å². The molecule has 0 radical (unpaired) electrons. The first kappa shape index (κ1) is 14.9. The summed E-state index contributed by atoms with van der Waals surface area (Å²) in [5, 5.41) is 0. The summed E-state index contributed by atoms with van der Waals surface area (Å²) in [5.41, 5.74) is 0. The van der Waals surface area contributed by atoms with Gasteiger partial charge in [0.15, 0.2) is 0 Å². The van der Waals surface area contributed by atoms with Crippen molar-refractivity contribution in [2.75, 3.05) is 12.4 Å². The fourth-order valence-corrected chi connectivity index (χ4v) is 4.94. The molecule has 3 rings (SSSR count). The van der Waals surface area contributed by atoms with Gasteiger partial charge in [0.25, 0.3) is 0 Å². The molecule has 3 aliphatic rings. The van der Waals surface area contributed by atoms with E-state index in [1.165, 1.54) is 0 Å². The minimum atomic E-state index is -0.385. The number of fused-ring (bicyclic) bond motifs is 1. The number of amides is 1. The first-order valence-electron chi connectivity index (χ1n) is 7.79. The van der Waals surface area contributed by atoms with E-state index in [1.807, 2.05) is 0 Å². The maximum Gasteiger partial charge on any atom is 0.329 e. The number of ether oxygens (including phenoxy) is 1. The van der Waals surface area contributed by atoms with Crippen molar-refractivity contribution in [1.82, 2.24) is 4.90 Å². The molecule has 116 valence electrons. The highest BCUT2D eigenvalue weighted by atomic mass is 32.2. The lowest BCUT2D eigenvalue weighted by Crippen LogP contribution is -2.47. The van der Waals surface area contributed by atoms with Crippen LogP contribution in [0, 0.1) is 11.8 Å². The van der Waals surface area contributed by atoms with Crippen molar-refractivity contribution in [3.63, 3.8) is 0 Å². The zero-order chi connectivity index (χ0) is 15.0. The summed E-state index contributed by atoms with van der Waals surface area (Å²) in [5.74, 6) is 1.51. The predicted molar refractivity (Wildman–Crippen MR) is 82.7 cm³/mol. The molecule has 0 saturated carbocycles. The molecule has 4 nitrogen and oxygen atoms in total. The molecule has 2 saturated heterocycles. The number of thioether (sulfide) groups is 1. The molecule has 21 heavy (non-hydrogen) atoms. The molecule has 1 aliphatic carbocycles. The smallest absolute Gasteiger partial charge is 0.329 e. The predicted octanol–water partition coefficient (Wildman–Crippen LogP) is 2.59. The molecule has 4 atom stereocenters. The quantitative estimate of drug-likeness (QED) is 0.594. The molecule has 0 aromatic rings. The second-order valence-electron chi connectivity index (χ2n) is 6.58. The maximum atomic E-state index is 12.4. The lowest BCUT2D eigenvalue weighted by molar-refractivity contribution is -0.155. The normalized spacial score (nSPS) is 38.7. The Balaban J connectivity index is 1.59. The fraction of sp³-hybridized carbons (Fsp3) is 0.750. The summed E-state index contributed by atoms with van der Waals surface area (Å²) in [6, 6.07) is -0.385. The Labute approximate surface area is 130 Å². The lowest BCUT2D eigenvalue weighted by Gasteiger charge is -2.30. The van der Waals surface area contributed by atoms with Crippen molar-refractivity contribution in [2.45, 2.75) is 50.4 Å². The number of hydrogen-bond donors (Lipinski definition) is 0. The van der Waals surface area contributed by atoms with Gasteiger partial charge in [-0.3, -0.25) is 4.79 Å². The van der Waals surface area contributed by atoms with Gasteiger partial charge in [0, 0.05) is 12.2 Å². The third kappa shape index (κ3) is 2.72. The van der Waals surface area contributed by atoms with Gasteiger partial charge in [0.1, 0.15) is 6.04 Å². The maximum absolute atomic E-state index is 12.4. The Morgan fingerprint density at radius 3 is 3.00 bits per heavy atom. The number of rotatable bonds is 3. The van der Waals surface area contributed by atoms with Crippen molar-refractivity contribution in [2.24, 2.45) is 11.8 Å². The van der Waals surface area contributed by atoms with E-state index in [0.717, 1.165) is 19.3 Å². The molecule has 0 spiro atoms. The molecule has 0 unspecified atom stereocenters. The van der Waals surface area contributed by atoms with Crippen molar-refractivity contribution in [1.29, 1.82) is 0 Å². The fourth-order valence-electron chi connectivity index (χ4n) is 3.52. The summed E-state index contributed by atoms with van der Waals surface area (Å²) in [6.07, 6.45) is 7.80. The van der Waals surface area contributed by atoms with E-state index >= 15 is 0 Å². The second kappa shape index (κ2) is 5.67. The monoisotopic (exact) mass is 309 g/mol. The lowest BCUT2D eigenvalue weighted by atomic mass is 9.85. The van der Waals surface area contributed by atoms with Crippen LogP contribution < -0.4 is 0 Å². The first-order valence-corrected chi connectivity index (χ1v) is 8.77. The van der Waals surface area contributed by atoms with Crippen LogP contribution in [0.4, 0.5) is 0 Å². The van der Waals surface area contributed by atoms with Gasteiger partial charge in [-0.1, -0.05) is 19.1 Å². The minimum Gasteiger partial charge on any atom is -0.464 e. The van der Waals surface area contributed by atoms with Gasteiger partial charge in [0.05, 0.1) is 11.5 Å². The summed E-state index contributed by atoms with van der Waals surface area (Å²) >= 11 is 1.71. The number of hydrogen-bond acceptors (Lipinski definition) is 4. The third-order valence-corrected chi connectivity index (χ3v) is 6.58. The van der Waals surface area contributed by atoms with Crippen LogP contribution in [-0.4, -0.2) is 40.0 Å². The van der Waals surface area contributed by atoms with Crippen LogP contribution in [0.5, 0.6) is 0 Å². The van der Waals surface area contributed by atoms with E-state index in [4.69, 9.17) is 4.74 Å². The molecule has 2 fully saturated rings. The molecular weight excluding hydrogens is 286 g/mol. The largest absolute Gasteiger partial charge is 0.464 e. The number of esters is 1. The Hall–Kier alpha value is -0.970. The van der Waals surface area contributed by atoms with Crippen LogP contribution in [0.3, 0.4) is 0 Å². The molecule has 0 N–H and O–H groups in total. The van der Waals surface area contributed by atoms with Gasteiger partial charge in [-0.2, -0.15) is 0 Å². The van der Waals surface area contributed by atoms with Crippen molar-refractivity contribution >= 4 is 23.6 Å². The van der Waals surface area contributed by atoms with Crippen molar-refractivity contribution in [3.05, 3.63) is 12.2 Å². The number of nitrogens with zero attached hydrogens (tertiary/aromatic N) is 1. The van der Waals surface area contributed by atoms with E-state index < -0.39 is 0 Å². The minimum absolute atomic E-state index is 0.0958. The molecule has 0 aromatic carbocycles. The summed E-state index contributed by atoms with van der Waals surface area (Å²) in [7, 11) is 0. The number of carbonyl (C=O) groups excluding carboxylic acids is 2. The van der Waals surface area contributed by atoms with Crippen molar-refractivity contribution in [3.8, 4) is 0 Å². The zero-order valence-corrected chi connectivity index (χ0v) is 13.5. The van der Waals surface area contributed by atoms with E-state index in [-0.39, 0.29) is 22.8 Å². The van der Waals surface area contributed by atoms with Crippen LogP contribution in [-0.2, 0) is 14.3 Å². The SMILES string of the molecule is C[C@@H]1CC=CC[C@@H]1COC(=O)[C@@H]1CS[C@]2(C)CCC(=O)N12. The van der Waals surface area contributed by atoms with E-state index in [1.54, 1.807) is 16.7 Å². The molecular formula is C16H23NO3S. The van der Waals surface area contributed by atoms with E-state index in [0.29, 0.717) is 30.6 Å². The first-order chi connectivity index (χ1) is 10.0. The third-order valence-electron chi connectivity index (χ3n) is 5.07. The van der Waals surface area contributed by atoms with Gasteiger partial charge < -0.3 is 9.64 Å². The highest BCUT2D eigenvalue weighted by molar-refractivity contribution is 8.01. The molecule has 1 amide bonds. The van der Waals surface area contributed by atoms with Gasteiger partial charge in [-0.05, 0) is 38.0 Å². The van der Waals surface area contributed by atoms with Crippen LogP contribution in [0.15, 0.2) is 12.2 Å². The molecule has 0 aromatic heterocycles. The topological polar surface area (TPSA) is 46.6 Å². The molecule has 2 heterocycles. The summed E-state index contributed by atoms with van der Waals surface area (Å²) in [4.78, 5) is 26.0. The second-order valence-corrected chi connectivity index (χ2v) is 8.08. The zero-order valence-electron chi connectivity index (χ0n) is 12.7. The van der Waals surface area contributed by atoms with Crippen LogP contribution in [0.1, 0.15) is 39.5 Å². The Bertz CT molecular complexity index is 478. The Morgan fingerprint density at radius 2 is 2.24 bits per heavy atom. The van der Waals surface area contributed by atoms with Crippen molar-refractivity contribution < 1.29 is 14.3 Å². The van der Waals surface area contributed by atoms with Gasteiger partial charge >= 0.3 is 5.97 Å². The molecule has 5 heteroatoms. The Morgan fingerprint density at radius 1 is 1.48 bits per heavy atom. The molecule has 0 bridgehead atoms. The van der Waals surface area contributed by atoms with Gasteiger partial charge in [-0.25, -0.2) is 4.79 Å². The summed E-state index contributed by atoms with van der Waals surface area (Å²) in [6.45, 7) is 4.74. The highest BCUT2D eigenvalue weighted by Gasteiger charge is 2.53. The van der Waals surface area contributed by atoms with E-state index in [2.05, 4.69) is 26.0 Å². The highest BCUT2D eigenvalue weighted by Crippen LogP contribution is 2.47. The Kier molecular flexibility index (Phi) is 4.04. The summed E-state index contributed by atoms with van der Waals surface area (Å²) < 4.78 is 5.56.